The summed E-state index contributed by atoms with van der Waals surface area (Å²) in [7, 11) is 0. The lowest BCUT2D eigenvalue weighted by Crippen LogP contribution is -2.36. The van der Waals surface area contributed by atoms with E-state index in [1.165, 1.54) is 12.1 Å². The van der Waals surface area contributed by atoms with Crippen molar-refractivity contribution >= 4 is 44.8 Å². The third-order valence-corrected chi connectivity index (χ3v) is 5.33. The van der Waals surface area contributed by atoms with Gasteiger partial charge in [-0.25, -0.2) is 4.79 Å². The molecule has 2 aromatic carbocycles. The van der Waals surface area contributed by atoms with Crippen LogP contribution in [0.25, 0.3) is 11.0 Å². The summed E-state index contributed by atoms with van der Waals surface area (Å²) in [4.78, 5) is 41.5. The first-order valence-electron chi connectivity index (χ1n) is 9.66. The van der Waals surface area contributed by atoms with Gasteiger partial charge in [-0.2, -0.15) is 0 Å². The lowest BCUT2D eigenvalue weighted by atomic mass is 10.2. The van der Waals surface area contributed by atoms with Crippen LogP contribution in [0.15, 0.2) is 58.3 Å². The molecule has 4 rings (SSSR count). The summed E-state index contributed by atoms with van der Waals surface area (Å²) in [5.74, 6) is 0.713. The average molecular weight is 517 g/mol. The fourth-order valence-electron chi connectivity index (χ4n) is 3.03. The van der Waals surface area contributed by atoms with Crippen LogP contribution >= 0.6 is 15.9 Å². The molecule has 0 saturated heterocycles. The maximum absolute atomic E-state index is 12.1. The highest BCUT2D eigenvalue weighted by Gasteiger charge is 2.20. The van der Waals surface area contributed by atoms with Gasteiger partial charge in [0.1, 0.15) is 17.9 Å². The number of benzene rings is 2. The van der Waals surface area contributed by atoms with Crippen LogP contribution in [0, 0.1) is 10.1 Å². The molecule has 3 aromatic rings. The van der Waals surface area contributed by atoms with Gasteiger partial charge < -0.3 is 24.5 Å². The van der Waals surface area contributed by atoms with E-state index in [4.69, 9.17) is 9.47 Å². The Morgan fingerprint density at radius 3 is 2.94 bits per heavy atom. The van der Waals surface area contributed by atoms with Gasteiger partial charge in [0.2, 0.25) is 5.96 Å². The number of nitrogens with one attached hydrogen (secondary N) is 1. The minimum absolute atomic E-state index is 0.0835. The van der Waals surface area contributed by atoms with Gasteiger partial charge in [-0.1, -0.05) is 12.1 Å². The number of halogens is 1. The van der Waals surface area contributed by atoms with Crippen molar-refractivity contribution in [3.63, 3.8) is 0 Å². The molecule has 1 aliphatic heterocycles. The Bertz CT molecular complexity index is 1220. The molecule has 33 heavy (non-hydrogen) atoms. The molecule has 0 aliphatic carbocycles. The van der Waals surface area contributed by atoms with E-state index in [-0.39, 0.29) is 19.1 Å². The number of carbonyl (C=O) groups excluding carboxylic acids is 1. The molecule has 12 nitrogen and oxygen atoms in total. The van der Waals surface area contributed by atoms with Gasteiger partial charge in [0.05, 0.1) is 22.2 Å². The molecule has 0 bridgehead atoms. The van der Waals surface area contributed by atoms with Gasteiger partial charge in [-0.3, -0.25) is 15.0 Å². The molecule has 0 amide bonds. The summed E-state index contributed by atoms with van der Waals surface area (Å²) in [6, 6.07) is 9.87. The number of guanidine groups is 1. The molecule has 170 valence electrons. The zero-order chi connectivity index (χ0) is 23.2. The highest BCUT2D eigenvalue weighted by molar-refractivity contribution is 9.10. The van der Waals surface area contributed by atoms with Crippen molar-refractivity contribution in [3.05, 3.63) is 68.9 Å². The standard InChI is InChI=1S/C20H17BrN6O6/c21-17-15(4-5-16-18(17)23-7-6-22-16)25-19-24-8-9-26(19)12-31-20(28)33-14-3-1-2-13(10-14)11-32-27(29)30/h1-7,10H,8-9,11-12H2,(H,24,25). The number of ether oxygens (including phenoxy) is 2. The average Bonchev–Trinajstić information content (AvgIpc) is 3.25. The maximum Gasteiger partial charge on any atom is 0.515 e. The van der Waals surface area contributed by atoms with Crippen molar-refractivity contribution in [1.29, 1.82) is 0 Å². The summed E-state index contributed by atoms with van der Waals surface area (Å²) in [5, 5.41) is 12.6. The second kappa shape index (κ2) is 10.1. The monoisotopic (exact) mass is 516 g/mol. The van der Waals surface area contributed by atoms with Gasteiger partial charge >= 0.3 is 6.16 Å². The molecule has 0 radical (unpaired) electrons. The van der Waals surface area contributed by atoms with E-state index >= 15 is 0 Å². The third-order valence-electron chi connectivity index (χ3n) is 4.53. The number of nitrogens with zero attached hydrogens (tertiary/aromatic N) is 5. The van der Waals surface area contributed by atoms with Crippen molar-refractivity contribution in [2.75, 3.05) is 25.1 Å². The Hall–Kier alpha value is -4.00. The van der Waals surface area contributed by atoms with Crippen LogP contribution in [-0.2, 0) is 16.2 Å². The van der Waals surface area contributed by atoms with Crippen LogP contribution in [0.5, 0.6) is 5.75 Å². The van der Waals surface area contributed by atoms with E-state index in [1.807, 2.05) is 12.1 Å². The molecule has 2 heterocycles. The topological polar surface area (TPSA) is 141 Å². The molecule has 0 unspecified atom stereocenters. The Labute approximate surface area is 195 Å². The third kappa shape index (κ3) is 5.63. The summed E-state index contributed by atoms with van der Waals surface area (Å²) >= 11 is 3.54. The van der Waals surface area contributed by atoms with E-state index in [0.29, 0.717) is 30.1 Å². The fourth-order valence-corrected chi connectivity index (χ4v) is 3.57. The van der Waals surface area contributed by atoms with Crippen LogP contribution in [-0.4, -0.2) is 51.9 Å². The van der Waals surface area contributed by atoms with E-state index in [0.717, 1.165) is 15.7 Å². The highest BCUT2D eigenvalue weighted by Crippen LogP contribution is 2.29. The SMILES string of the molecule is O=C(OCN1CCN=C1Nc1ccc2nccnc2c1Br)Oc1cccc(CO[N+](=O)[O-])c1. The zero-order valence-corrected chi connectivity index (χ0v) is 18.6. The quantitative estimate of drug-likeness (QED) is 0.215. The van der Waals surface area contributed by atoms with Gasteiger partial charge in [0.25, 0.3) is 5.09 Å². The minimum atomic E-state index is -0.921. The number of carbonyl (C=O) groups is 1. The van der Waals surface area contributed by atoms with Gasteiger partial charge in [0, 0.05) is 18.9 Å². The van der Waals surface area contributed by atoms with E-state index in [9.17, 15) is 14.9 Å². The maximum atomic E-state index is 12.1. The molecular weight excluding hydrogens is 500 g/mol. The summed E-state index contributed by atoms with van der Waals surface area (Å²) in [6.45, 7) is 0.743. The van der Waals surface area contributed by atoms with Gasteiger partial charge in [0.15, 0.2) is 6.73 Å². The molecule has 0 spiro atoms. The molecule has 13 heteroatoms. The highest BCUT2D eigenvalue weighted by atomic mass is 79.9. The number of rotatable bonds is 7. The lowest BCUT2D eigenvalue weighted by molar-refractivity contribution is -0.763. The predicted molar refractivity (Wildman–Crippen MR) is 120 cm³/mol. The van der Waals surface area contributed by atoms with Crippen LogP contribution in [0.2, 0.25) is 0 Å². The van der Waals surface area contributed by atoms with Gasteiger partial charge in [-0.05, 0) is 45.8 Å². The van der Waals surface area contributed by atoms with Crippen LogP contribution < -0.4 is 10.1 Å². The van der Waals surface area contributed by atoms with Crippen LogP contribution in [0.4, 0.5) is 10.5 Å². The van der Waals surface area contributed by atoms with Crippen LogP contribution in [0.1, 0.15) is 5.56 Å². The number of aliphatic imine (C=N–C) groups is 1. The van der Waals surface area contributed by atoms with Crippen molar-refractivity contribution in [1.82, 2.24) is 14.9 Å². The Morgan fingerprint density at radius 2 is 2.09 bits per heavy atom. The molecule has 1 aromatic heterocycles. The summed E-state index contributed by atoms with van der Waals surface area (Å²) < 4.78 is 11.1. The smallest absolute Gasteiger partial charge is 0.412 e. The second-order valence-electron chi connectivity index (χ2n) is 6.71. The number of fused-ring (bicyclic) bond motifs is 1. The molecule has 1 aliphatic rings. The predicted octanol–water partition coefficient (Wildman–Crippen LogP) is 3.36. The van der Waals surface area contributed by atoms with Crippen LogP contribution in [0.3, 0.4) is 0 Å². The van der Waals surface area contributed by atoms with Gasteiger partial charge in [-0.15, -0.1) is 10.1 Å². The molecule has 0 fully saturated rings. The number of hydrogen-bond donors (Lipinski definition) is 1. The van der Waals surface area contributed by atoms with E-state index in [2.05, 4.69) is 41.0 Å². The summed E-state index contributed by atoms with van der Waals surface area (Å²) in [6.07, 6.45) is 2.31. The lowest BCUT2D eigenvalue weighted by Gasteiger charge is -2.21. The minimum Gasteiger partial charge on any atom is -0.412 e. The second-order valence-corrected chi connectivity index (χ2v) is 7.51. The normalized spacial score (nSPS) is 12.9. The molecular formula is C20H17BrN6O6. The molecule has 0 saturated carbocycles. The van der Waals surface area contributed by atoms with Crippen molar-refractivity contribution in [3.8, 4) is 5.75 Å². The number of anilines is 1. The van der Waals surface area contributed by atoms with Crippen molar-refractivity contribution in [2.45, 2.75) is 6.61 Å². The largest absolute Gasteiger partial charge is 0.515 e. The first-order chi connectivity index (χ1) is 16.0. The first kappa shape index (κ1) is 22.2. The van der Waals surface area contributed by atoms with E-state index < -0.39 is 11.2 Å². The summed E-state index contributed by atoms with van der Waals surface area (Å²) in [5.41, 5.74) is 2.67. The van der Waals surface area contributed by atoms with Crippen molar-refractivity contribution in [2.24, 2.45) is 4.99 Å². The Kier molecular flexibility index (Phi) is 6.78. The number of hydrogen-bond acceptors (Lipinski definition) is 11. The van der Waals surface area contributed by atoms with Crippen molar-refractivity contribution < 1.29 is 24.2 Å². The Morgan fingerprint density at radius 1 is 1.24 bits per heavy atom. The van der Waals surface area contributed by atoms with E-state index in [1.54, 1.807) is 29.4 Å². The zero-order valence-electron chi connectivity index (χ0n) is 17.0. The number of aromatic nitrogens is 2. The molecule has 0 atom stereocenters. The first-order valence-corrected chi connectivity index (χ1v) is 10.5. The Balaban J connectivity index is 1.33. The fraction of sp³-hybridized carbons (Fsp3) is 0.200. The molecule has 1 N–H and O–H groups in total.